The van der Waals surface area contributed by atoms with E-state index in [4.69, 9.17) is 4.52 Å². The van der Waals surface area contributed by atoms with Crippen LogP contribution < -0.4 is 5.32 Å². The van der Waals surface area contributed by atoms with Crippen molar-refractivity contribution in [3.05, 3.63) is 11.7 Å². The van der Waals surface area contributed by atoms with Gasteiger partial charge in [0.25, 0.3) is 0 Å². The molecule has 2 aliphatic rings. The zero-order chi connectivity index (χ0) is 14.0. The number of nitrogens with zero attached hydrogens (tertiary/aromatic N) is 2. The molecule has 7 heteroatoms. The van der Waals surface area contributed by atoms with Crippen LogP contribution in [0.2, 0.25) is 0 Å². The summed E-state index contributed by atoms with van der Waals surface area (Å²) >= 11 is 0. The quantitative estimate of drug-likeness (QED) is 0.894. The molecule has 0 aliphatic carbocycles. The van der Waals surface area contributed by atoms with Crippen molar-refractivity contribution in [3.8, 4) is 0 Å². The summed E-state index contributed by atoms with van der Waals surface area (Å²) in [7, 11) is -2.90. The molecule has 0 spiro atoms. The van der Waals surface area contributed by atoms with Gasteiger partial charge >= 0.3 is 0 Å². The lowest BCUT2D eigenvalue weighted by molar-refractivity contribution is 0.339. The lowest BCUT2D eigenvalue weighted by atomic mass is 10.0. The fourth-order valence-corrected chi connectivity index (χ4v) is 4.74. The van der Waals surface area contributed by atoms with Gasteiger partial charge < -0.3 is 9.84 Å². The molecule has 3 heterocycles. The van der Waals surface area contributed by atoms with E-state index in [1.165, 1.54) is 19.3 Å². The fourth-order valence-electron chi connectivity index (χ4n) is 3.00. The number of sulfone groups is 1. The summed E-state index contributed by atoms with van der Waals surface area (Å²) in [5.74, 6) is 1.53. The van der Waals surface area contributed by atoms with Crippen LogP contribution in [0.4, 0.5) is 0 Å². The number of piperidine rings is 1. The Labute approximate surface area is 119 Å². The van der Waals surface area contributed by atoms with Crippen molar-refractivity contribution < 1.29 is 12.9 Å². The number of hydrogen-bond donors (Lipinski definition) is 1. The number of rotatable bonds is 4. The Morgan fingerprint density at radius 1 is 1.30 bits per heavy atom. The molecule has 0 bridgehead atoms. The molecule has 0 amide bonds. The van der Waals surface area contributed by atoms with Crippen LogP contribution in [0.15, 0.2) is 4.52 Å². The van der Waals surface area contributed by atoms with E-state index in [9.17, 15) is 8.42 Å². The normalized spacial score (nSPS) is 29.6. The van der Waals surface area contributed by atoms with Crippen LogP contribution in [-0.4, -0.2) is 42.7 Å². The van der Waals surface area contributed by atoms with Gasteiger partial charge in [-0.15, -0.1) is 0 Å². The Balaban J connectivity index is 1.54. The van der Waals surface area contributed by atoms with Crippen molar-refractivity contribution in [2.24, 2.45) is 0 Å². The molecule has 6 nitrogen and oxygen atoms in total. The fraction of sp³-hybridized carbons (Fsp3) is 0.846. The van der Waals surface area contributed by atoms with Crippen molar-refractivity contribution in [1.29, 1.82) is 0 Å². The first-order valence-electron chi connectivity index (χ1n) is 7.39. The highest BCUT2D eigenvalue weighted by Crippen LogP contribution is 2.27. The zero-order valence-corrected chi connectivity index (χ0v) is 12.4. The molecular formula is C13H21N3O3S. The average Bonchev–Trinajstić information content (AvgIpc) is 3.04. The van der Waals surface area contributed by atoms with Crippen LogP contribution in [-0.2, 0) is 16.3 Å². The van der Waals surface area contributed by atoms with Gasteiger partial charge in [-0.2, -0.15) is 4.98 Å². The van der Waals surface area contributed by atoms with Crippen LogP contribution in [0.1, 0.15) is 49.7 Å². The van der Waals surface area contributed by atoms with Crippen LogP contribution in [0.25, 0.3) is 0 Å². The second kappa shape index (κ2) is 5.81. The standard InChI is InChI=1S/C13H21N3O3S/c17-20(18)8-6-10(9-20)13-15-12(19-16-13)5-4-11-3-1-2-7-14-11/h10-11,14H,1-9H2. The molecule has 1 aromatic heterocycles. The van der Waals surface area contributed by atoms with E-state index in [2.05, 4.69) is 15.5 Å². The summed E-state index contributed by atoms with van der Waals surface area (Å²) in [6.45, 7) is 1.10. The Morgan fingerprint density at radius 3 is 2.90 bits per heavy atom. The van der Waals surface area contributed by atoms with E-state index in [0.717, 1.165) is 19.4 Å². The summed E-state index contributed by atoms with van der Waals surface area (Å²) in [6.07, 6.45) is 6.14. The van der Waals surface area contributed by atoms with E-state index in [-0.39, 0.29) is 17.4 Å². The molecule has 3 rings (SSSR count). The first-order chi connectivity index (χ1) is 9.62. The molecule has 0 saturated carbocycles. The first kappa shape index (κ1) is 14.0. The summed E-state index contributed by atoms with van der Waals surface area (Å²) in [5, 5.41) is 7.45. The van der Waals surface area contributed by atoms with E-state index < -0.39 is 9.84 Å². The lowest BCUT2D eigenvalue weighted by Crippen LogP contribution is -2.34. The van der Waals surface area contributed by atoms with Crippen molar-refractivity contribution in [2.45, 2.75) is 50.5 Å². The van der Waals surface area contributed by atoms with Crippen molar-refractivity contribution >= 4 is 9.84 Å². The van der Waals surface area contributed by atoms with E-state index in [1.54, 1.807) is 0 Å². The minimum absolute atomic E-state index is 0.0784. The van der Waals surface area contributed by atoms with Crippen molar-refractivity contribution in [2.75, 3.05) is 18.1 Å². The SMILES string of the molecule is O=S1(=O)CCC(c2noc(CCC3CCCCN3)n2)C1. The van der Waals surface area contributed by atoms with Gasteiger partial charge in [-0.05, 0) is 32.2 Å². The van der Waals surface area contributed by atoms with E-state index >= 15 is 0 Å². The molecule has 20 heavy (non-hydrogen) atoms. The van der Waals surface area contributed by atoms with Gasteiger partial charge in [0.2, 0.25) is 5.89 Å². The summed E-state index contributed by atoms with van der Waals surface area (Å²) in [5.41, 5.74) is 0. The van der Waals surface area contributed by atoms with Gasteiger partial charge in [0.1, 0.15) is 0 Å². The molecule has 1 N–H and O–H groups in total. The second-order valence-corrected chi connectivity index (χ2v) is 8.06. The third kappa shape index (κ3) is 3.38. The summed E-state index contributed by atoms with van der Waals surface area (Å²) < 4.78 is 28.2. The monoisotopic (exact) mass is 299 g/mol. The van der Waals surface area contributed by atoms with Gasteiger partial charge in [-0.1, -0.05) is 11.6 Å². The molecular weight excluding hydrogens is 278 g/mol. The van der Waals surface area contributed by atoms with Crippen LogP contribution in [0.3, 0.4) is 0 Å². The largest absolute Gasteiger partial charge is 0.339 e. The molecule has 1 aromatic rings. The van der Waals surface area contributed by atoms with Gasteiger partial charge in [-0.3, -0.25) is 0 Å². The Bertz CT molecular complexity index is 549. The zero-order valence-electron chi connectivity index (χ0n) is 11.5. The molecule has 2 atom stereocenters. The molecule has 2 saturated heterocycles. The van der Waals surface area contributed by atoms with Crippen LogP contribution >= 0.6 is 0 Å². The Hall–Kier alpha value is -0.950. The lowest BCUT2D eigenvalue weighted by Gasteiger charge is -2.22. The van der Waals surface area contributed by atoms with E-state index in [0.29, 0.717) is 24.2 Å². The predicted octanol–water partition coefficient (Wildman–Crippen LogP) is 1.05. The first-order valence-corrected chi connectivity index (χ1v) is 9.21. The Morgan fingerprint density at radius 2 is 2.20 bits per heavy atom. The van der Waals surface area contributed by atoms with Crippen molar-refractivity contribution in [3.63, 3.8) is 0 Å². The third-order valence-corrected chi connectivity index (χ3v) is 5.97. The second-order valence-electron chi connectivity index (χ2n) is 5.83. The maximum atomic E-state index is 11.5. The number of nitrogens with one attached hydrogen (secondary N) is 1. The van der Waals surface area contributed by atoms with Crippen LogP contribution in [0.5, 0.6) is 0 Å². The predicted molar refractivity (Wildman–Crippen MR) is 74.3 cm³/mol. The van der Waals surface area contributed by atoms with Crippen molar-refractivity contribution in [1.82, 2.24) is 15.5 Å². The van der Waals surface area contributed by atoms with Gasteiger partial charge in [0, 0.05) is 18.4 Å². The highest BCUT2D eigenvalue weighted by molar-refractivity contribution is 7.91. The van der Waals surface area contributed by atoms with Gasteiger partial charge in [-0.25, -0.2) is 8.42 Å². The minimum atomic E-state index is -2.90. The Kier molecular flexibility index (Phi) is 4.07. The molecule has 0 radical (unpaired) electrons. The van der Waals surface area contributed by atoms with Crippen LogP contribution in [0, 0.1) is 0 Å². The van der Waals surface area contributed by atoms with Gasteiger partial charge in [0.15, 0.2) is 15.7 Å². The van der Waals surface area contributed by atoms with Gasteiger partial charge in [0.05, 0.1) is 11.5 Å². The minimum Gasteiger partial charge on any atom is -0.339 e. The highest BCUT2D eigenvalue weighted by atomic mass is 32.2. The molecule has 2 fully saturated rings. The number of aromatic nitrogens is 2. The topological polar surface area (TPSA) is 85.1 Å². The molecule has 112 valence electrons. The molecule has 2 aliphatic heterocycles. The number of hydrogen-bond acceptors (Lipinski definition) is 6. The number of aryl methyl sites for hydroxylation is 1. The molecule has 0 aromatic carbocycles. The molecule has 2 unspecified atom stereocenters. The summed E-state index contributed by atoms with van der Waals surface area (Å²) in [6, 6.07) is 0.547. The maximum absolute atomic E-state index is 11.5. The maximum Gasteiger partial charge on any atom is 0.226 e. The van der Waals surface area contributed by atoms with E-state index in [1.807, 2.05) is 0 Å². The highest BCUT2D eigenvalue weighted by Gasteiger charge is 2.32. The summed E-state index contributed by atoms with van der Waals surface area (Å²) in [4.78, 5) is 4.37. The smallest absolute Gasteiger partial charge is 0.226 e. The average molecular weight is 299 g/mol. The third-order valence-electron chi connectivity index (χ3n) is 4.20.